The second-order valence-corrected chi connectivity index (χ2v) is 9.72. The summed E-state index contributed by atoms with van der Waals surface area (Å²) in [5.41, 5.74) is 12.6. The van der Waals surface area contributed by atoms with Gasteiger partial charge in [0.25, 0.3) is 0 Å². The molecular formula is C29H27N7O2. The van der Waals surface area contributed by atoms with Crippen LogP contribution in [0.2, 0.25) is 0 Å². The van der Waals surface area contributed by atoms with Crippen LogP contribution in [0, 0.1) is 13.8 Å². The highest BCUT2D eigenvalue weighted by Crippen LogP contribution is 2.44. The molecule has 1 aliphatic heterocycles. The van der Waals surface area contributed by atoms with Crippen molar-refractivity contribution < 1.29 is 9.90 Å². The molecule has 38 heavy (non-hydrogen) atoms. The van der Waals surface area contributed by atoms with Crippen molar-refractivity contribution in [2.75, 3.05) is 10.4 Å². The molecule has 4 aromatic rings. The third kappa shape index (κ3) is 4.02. The van der Waals surface area contributed by atoms with Gasteiger partial charge in [0, 0.05) is 17.3 Å². The average molecular weight is 506 g/mol. The molecule has 0 spiro atoms. The highest BCUT2D eigenvalue weighted by atomic mass is 16.3. The van der Waals surface area contributed by atoms with Crippen LogP contribution in [0.1, 0.15) is 35.6 Å². The number of carbonyl (C=O) groups excluding carboxylic acids is 1. The second kappa shape index (κ2) is 9.26. The number of aryl methyl sites for hydroxylation is 3. The smallest absolute Gasteiger partial charge is 0.301 e. The molecular weight excluding hydrogens is 478 g/mol. The minimum Gasteiger partial charge on any atom is -0.505 e. The molecule has 0 saturated heterocycles. The Morgan fingerprint density at radius 2 is 1.87 bits per heavy atom. The summed E-state index contributed by atoms with van der Waals surface area (Å²) in [6.45, 7) is 5.78. The Morgan fingerprint density at radius 1 is 1.03 bits per heavy atom. The number of hydrogen-bond acceptors (Lipinski definition) is 7. The van der Waals surface area contributed by atoms with Gasteiger partial charge in [-0.15, -0.1) is 5.10 Å². The summed E-state index contributed by atoms with van der Waals surface area (Å²) < 4.78 is 0. The molecule has 0 unspecified atom stereocenters. The van der Waals surface area contributed by atoms with Crippen LogP contribution in [-0.2, 0) is 17.6 Å². The number of fused-ring (bicyclic) bond motifs is 1. The van der Waals surface area contributed by atoms with Gasteiger partial charge in [0.05, 0.1) is 17.1 Å². The Labute approximate surface area is 219 Å². The standard InChI is InChI=1S/C29H27N7O2/c1-16-10-11-22(12-17(16)2)36-29(38)27(18(3)34-36)33-31-24-14-19-6-5-9-23(19)26(28(24)37)21-8-4-7-20(13-21)25-15-30-35-32-25/h4,7-8,10-15,31,37H,5-6,9H2,1-3H3,(H,30,32,35)/b33-27-. The van der Waals surface area contributed by atoms with Gasteiger partial charge in [-0.25, -0.2) is 0 Å². The summed E-state index contributed by atoms with van der Waals surface area (Å²) in [6.07, 6.45) is 4.55. The topological polar surface area (TPSA) is 119 Å². The normalized spacial score (nSPS) is 15.8. The number of aromatic amines is 1. The van der Waals surface area contributed by atoms with Crippen LogP contribution in [0.3, 0.4) is 0 Å². The lowest BCUT2D eigenvalue weighted by Crippen LogP contribution is -2.28. The number of phenolic OH excluding ortho intramolecular Hbond substituents is 1. The molecule has 1 aliphatic carbocycles. The van der Waals surface area contributed by atoms with Gasteiger partial charge in [0.1, 0.15) is 11.4 Å². The van der Waals surface area contributed by atoms with E-state index in [0.717, 1.165) is 63.9 Å². The highest BCUT2D eigenvalue weighted by molar-refractivity contribution is 6.71. The number of anilines is 2. The lowest BCUT2D eigenvalue weighted by atomic mass is 9.93. The Morgan fingerprint density at radius 3 is 2.66 bits per heavy atom. The predicted octanol–water partition coefficient (Wildman–Crippen LogP) is 5.14. The van der Waals surface area contributed by atoms with Crippen molar-refractivity contribution in [2.24, 2.45) is 10.2 Å². The van der Waals surface area contributed by atoms with Gasteiger partial charge >= 0.3 is 5.91 Å². The van der Waals surface area contributed by atoms with E-state index < -0.39 is 0 Å². The van der Waals surface area contributed by atoms with Crippen molar-refractivity contribution in [1.82, 2.24) is 15.4 Å². The zero-order valence-corrected chi connectivity index (χ0v) is 21.4. The summed E-state index contributed by atoms with van der Waals surface area (Å²) in [5.74, 6) is -0.224. The molecule has 0 radical (unpaired) electrons. The Hall–Kier alpha value is -4.79. The number of nitrogens with one attached hydrogen (secondary N) is 2. The van der Waals surface area contributed by atoms with Crippen LogP contribution in [0.15, 0.2) is 64.9 Å². The lowest BCUT2D eigenvalue weighted by molar-refractivity contribution is -0.112. The molecule has 3 N–H and O–H groups in total. The van der Waals surface area contributed by atoms with Crippen LogP contribution in [-0.4, -0.2) is 37.8 Å². The number of hydrazone groups is 2. The number of hydrogen-bond donors (Lipinski definition) is 3. The van der Waals surface area contributed by atoms with Crippen LogP contribution in [0.5, 0.6) is 5.75 Å². The molecule has 0 fully saturated rings. The number of rotatable bonds is 5. The van der Waals surface area contributed by atoms with E-state index in [1.807, 2.05) is 62.4 Å². The molecule has 3 aromatic carbocycles. The Balaban J connectivity index is 1.35. The Kier molecular flexibility index (Phi) is 5.75. The van der Waals surface area contributed by atoms with E-state index >= 15 is 0 Å². The van der Waals surface area contributed by atoms with Gasteiger partial charge < -0.3 is 5.11 Å². The van der Waals surface area contributed by atoms with Gasteiger partial charge in [-0.05, 0) is 92.1 Å². The number of phenols is 1. The van der Waals surface area contributed by atoms with E-state index in [-0.39, 0.29) is 17.4 Å². The molecule has 9 heteroatoms. The molecule has 2 heterocycles. The van der Waals surface area contributed by atoms with Crippen LogP contribution in [0.25, 0.3) is 22.4 Å². The first kappa shape index (κ1) is 23.6. The first-order valence-corrected chi connectivity index (χ1v) is 12.6. The molecule has 1 aromatic heterocycles. The fourth-order valence-corrected chi connectivity index (χ4v) is 5.08. The zero-order valence-electron chi connectivity index (χ0n) is 21.4. The van der Waals surface area contributed by atoms with E-state index in [1.54, 1.807) is 13.1 Å². The number of amides is 1. The first-order valence-electron chi connectivity index (χ1n) is 12.6. The minimum absolute atomic E-state index is 0.0957. The number of aromatic nitrogens is 3. The molecule has 190 valence electrons. The highest BCUT2D eigenvalue weighted by Gasteiger charge is 2.31. The zero-order chi connectivity index (χ0) is 26.4. The lowest BCUT2D eigenvalue weighted by Gasteiger charge is -2.16. The number of carbonyl (C=O) groups is 1. The summed E-state index contributed by atoms with van der Waals surface area (Å²) in [5, 5.41) is 32.3. The van der Waals surface area contributed by atoms with E-state index in [9.17, 15) is 9.90 Å². The van der Waals surface area contributed by atoms with Crippen LogP contribution < -0.4 is 10.4 Å². The molecule has 1 amide bonds. The maximum atomic E-state index is 13.2. The molecule has 2 aliphatic rings. The largest absolute Gasteiger partial charge is 0.505 e. The van der Waals surface area contributed by atoms with Crippen molar-refractivity contribution >= 4 is 28.7 Å². The first-order chi connectivity index (χ1) is 18.4. The van der Waals surface area contributed by atoms with Crippen molar-refractivity contribution in [1.29, 1.82) is 0 Å². The maximum absolute atomic E-state index is 13.2. The average Bonchev–Trinajstić information content (AvgIpc) is 3.66. The van der Waals surface area contributed by atoms with Gasteiger partial charge in [-0.1, -0.05) is 29.5 Å². The van der Waals surface area contributed by atoms with E-state index in [2.05, 4.69) is 31.0 Å². The van der Waals surface area contributed by atoms with Crippen LogP contribution >= 0.6 is 0 Å². The van der Waals surface area contributed by atoms with Gasteiger partial charge in [-0.2, -0.15) is 15.2 Å². The van der Waals surface area contributed by atoms with Crippen molar-refractivity contribution in [3.63, 3.8) is 0 Å². The third-order valence-electron chi connectivity index (χ3n) is 7.25. The molecule has 9 nitrogen and oxygen atoms in total. The maximum Gasteiger partial charge on any atom is 0.301 e. The van der Waals surface area contributed by atoms with Gasteiger partial charge in [0.15, 0.2) is 5.71 Å². The summed E-state index contributed by atoms with van der Waals surface area (Å²) >= 11 is 0. The summed E-state index contributed by atoms with van der Waals surface area (Å²) in [6, 6.07) is 15.6. The van der Waals surface area contributed by atoms with Crippen molar-refractivity contribution in [3.8, 4) is 28.1 Å². The number of nitrogens with zero attached hydrogens (tertiary/aromatic N) is 5. The SMILES string of the molecule is CC1=NN(c2ccc(C)c(C)c2)C(=O)/C1=N\Nc1cc2c(c(-c3cccc(-c4c[nH]nn4)c3)c1O)CCC2. The molecule has 0 saturated carbocycles. The van der Waals surface area contributed by atoms with Crippen LogP contribution in [0.4, 0.5) is 11.4 Å². The summed E-state index contributed by atoms with van der Waals surface area (Å²) in [4.78, 5) is 13.2. The summed E-state index contributed by atoms with van der Waals surface area (Å²) in [7, 11) is 0. The van der Waals surface area contributed by atoms with Gasteiger partial charge in [-0.3, -0.25) is 15.3 Å². The molecule has 0 bridgehead atoms. The van der Waals surface area contributed by atoms with Crippen molar-refractivity contribution in [2.45, 2.75) is 40.0 Å². The number of benzene rings is 3. The van der Waals surface area contributed by atoms with Crippen molar-refractivity contribution in [3.05, 3.63) is 77.0 Å². The Bertz CT molecular complexity index is 1640. The van der Waals surface area contributed by atoms with Gasteiger partial charge in [0.2, 0.25) is 0 Å². The fourth-order valence-electron chi connectivity index (χ4n) is 5.08. The second-order valence-electron chi connectivity index (χ2n) is 9.72. The predicted molar refractivity (Wildman–Crippen MR) is 149 cm³/mol. The number of H-pyrrole nitrogens is 1. The third-order valence-corrected chi connectivity index (χ3v) is 7.25. The quantitative estimate of drug-likeness (QED) is 0.256. The van der Waals surface area contributed by atoms with E-state index in [4.69, 9.17) is 0 Å². The number of aromatic hydroxyl groups is 1. The van der Waals surface area contributed by atoms with E-state index in [0.29, 0.717) is 17.1 Å². The van der Waals surface area contributed by atoms with E-state index in [1.165, 1.54) is 5.01 Å². The minimum atomic E-state index is -0.320. The fraction of sp³-hybridized carbons (Fsp3) is 0.207. The molecule has 6 rings (SSSR count). The monoisotopic (exact) mass is 505 g/mol. The molecule has 0 atom stereocenters.